The van der Waals surface area contributed by atoms with Crippen molar-refractivity contribution in [1.29, 1.82) is 0 Å². The molecule has 0 atom stereocenters. The molecule has 0 unspecified atom stereocenters. The van der Waals surface area contributed by atoms with E-state index < -0.39 is 0 Å². The van der Waals surface area contributed by atoms with Crippen molar-refractivity contribution in [3.63, 3.8) is 0 Å². The molecule has 96 valence electrons. The second-order valence-electron chi connectivity index (χ2n) is 4.59. The van der Waals surface area contributed by atoms with Gasteiger partial charge in [-0.05, 0) is 12.1 Å². The highest BCUT2D eigenvalue weighted by atomic mass is 16.1. The molecule has 0 aliphatic carbocycles. The summed E-state index contributed by atoms with van der Waals surface area (Å²) < 4.78 is 1.50. The van der Waals surface area contributed by atoms with Crippen LogP contribution in [0.25, 0.3) is 17.0 Å². The van der Waals surface area contributed by atoms with E-state index in [2.05, 4.69) is 20.2 Å². The average molecular weight is 255 g/mol. The van der Waals surface area contributed by atoms with Crippen molar-refractivity contribution in [3.8, 4) is 11.4 Å². The van der Waals surface area contributed by atoms with E-state index in [0.29, 0.717) is 11.5 Å². The van der Waals surface area contributed by atoms with Crippen LogP contribution in [0.2, 0.25) is 0 Å². The fraction of sp³-hybridized carbons (Fsp3) is 0.231. The van der Waals surface area contributed by atoms with Gasteiger partial charge in [0.05, 0.1) is 11.4 Å². The Morgan fingerprint density at radius 2 is 2.11 bits per heavy atom. The van der Waals surface area contributed by atoms with Gasteiger partial charge in [-0.3, -0.25) is 4.98 Å². The van der Waals surface area contributed by atoms with Crippen molar-refractivity contribution in [2.45, 2.75) is 19.8 Å². The first-order valence-corrected chi connectivity index (χ1v) is 6.06. The minimum absolute atomic E-state index is 0.112. The fourth-order valence-corrected chi connectivity index (χ4v) is 1.99. The maximum absolute atomic E-state index is 11.7. The van der Waals surface area contributed by atoms with Crippen molar-refractivity contribution in [3.05, 3.63) is 46.8 Å². The quantitative estimate of drug-likeness (QED) is 0.754. The smallest absolute Gasteiger partial charge is 0.255 e. The standard InChI is InChI=1S/C13H13N5O/c1-8(2)12-15-10(9-5-3-4-6-14-9)7-11-16-17-13(19)18(11)12/h3-8H,1-2H3,(H,17,19). The Balaban J connectivity index is 2.32. The van der Waals surface area contributed by atoms with Crippen LogP contribution in [-0.4, -0.2) is 24.6 Å². The van der Waals surface area contributed by atoms with Gasteiger partial charge in [0.25, 0.3) is 0 Å². The average Bonchev–Trinajstić information content (AvgIpc) is 2.80. The predicted octanol–water partition coefficient (Wildman–Crippen LogP) is 1.60. The normalized spacial score (nSPS) is 11.3. The highest BCUT2D eigenvalue weighted by molar-refractivity contribution is 5.59. The topological polar surface area (TPSA) is 75.9 Å². The molecule has 0 saturated heterocycles. The van der Waals surface area contributed by atoms with Crippen LogP contribution in [0.15, 0.2) is 35.3 Å². The highest BCUT2D eigenvalue weighted by Crippen LogP contribution is 2.19. The lowest BCUT2D eigenvalue weighted by atomic mass is 10.2. The van der Waals surface area contributed by atoms with E-state index in [0.717, 1.165) is 11.4 Å². The summed E-state index contributed by atoms with van der Waals surface area (Å²) in [6.07, 6.45) is 1.72. The van der Waals surface area contributed by atoms with Gasteiger partial charge < -0.3 is 0 Å². The van der Waals surface area contributed by atoms with Crippen LogP contribution in [0.1, 0.15) is 25.6 Å². The minimum Gasteiger partial charge on any atom is -0.255 e. The number of hydrogen-bond donors (Lipinski definition) is 1. The molecule has 0 amide bonds. The van der Waals surface area contributed by atoms with E-state index in [-0.39, 0.29) is 11.6 Å². The van der Waals surface area contributed by atoms with Gasteiger partial charge in [0.15, 0.2) is 5.65 Å². The van der Waals surface area contributed by atoms with E-state index >= 15 is 0 Å². The summed E-state index contributed by atoms with van der Waals surface area (Å²) in [6, 6.07) is 7.39. The van der Waals surface area contributed by atoms with Gasteiger partial charge in [0.2, 0.25) is 0 Å². The van der Waals surface area contributed by atoms with Gasteiger partial charge in [-0.15, -0.1) is 0 Å². The Morgan fingerprint density at radius 3 is 2.79 bits per heavy atom. The molecule has 0 aliphatic rings. The van der Waals surface area contributed by atoms with Gasteiger partial charge in [-0.25, -0.2) is 19.3 Å². The van der Waals surface area contributed by atoms with Crippen LogP contribution in [0, 0.1) is 0 Å². The Bertz CT molecular complexity index is 773. The Labute approximate surface area is 109 Å². The first-order chi connectivity index (χ1) is 9.16. The van der Waals surface area contributed by atoms with Gasteiger partial charge in [0, 0.05) is 18.2 Å². The lowest BCUT2D eigenvalue weighted by Gasteiger charge is -2.09. The molecular formula is C13H13N5O. The van der Waals surface area contributed by atoms with Crippen molar-refractivity contribution in [2.75, 3.05) is 0 Å². The molecular weight excluding hydrogens is 242 g/mol. The van der Waals surface area contributed by atoms with Crippen molar-refractivity contribution in [1.82, 2.24) is 24.6 Å². The Kier molecular flexibility index (Phi) is 2.63. The zero-order chi connectivity index (χ0) is 13.4. The molecule has 1 N–H and O–H groups in total. The van der Waals surface area contributed by atoms with Crippen LogP contribution in [0.5, 0.6) is 0 Å². The van der Waals surface area contributed by atoms with E-state index in [4.69, 9.17) is 0 Å². The minimum atomic E-state index is -0.265. The molecule has 0 saturated carbocycles. The first-order valence-electron chi connectivity index (χ1n) is 6.06. The van der Waals surface area contributed by atoms with Gasteiger partial charge in [-0.1, -0.05) is 19.9 Å². The van der Waals surface area contributed by atoms with E-state index in [1.807, 2.05) is 32.0 Å². The van der Waals surface area contributed by atoms with Crippen molar-refractivity contribution >= 4 is 5.65 Å². The van der Waals surface area contributed by atoms with Crippen molar-refractivity contribution < 1.29 is 0 Å². The van der Waals surface area contributed by atoms with E-state index in [1.54, 1.807) is 12.3 Å². The van der Waals surface area contributed by atoms with Crippen LogP contribution in [0.4, 0.5) is 0 Å². The van der Waals surface area contributed by atoms with Gasteiger partial charge in [-0.2, -0.15) is 5.10 Å². The molecule has 0 spiro atoms. The van der Waals surface area contributed by atoms with Crippen LogP contribution in [-0.2, 0) is 0 Å². The van der Waals surface area contributed by atoms with Crippen LogP contribution < -0.4 is 5.69 Å². The number of hydrogen-bond acceptors (Lipinski definition) is 4. The molecule has 3 aromatic rings. The third-order valence-corrected chi connectivity index (χ3v) is 2.87. The molecule has 3 aromatic heterocycles. The summed E-state index contributed by atoms with van der Waals surface area (Å²) in [5.41, 5.74) is 1.78. The largest absolute Gasteiger partial charge is 0.349 e. The fourth-order valence-electron chi connectivity index (χ4n) is 1.99. The van der Waals surface area contributed by atoms with Crippen molar-refractivity contribution in [2.24, 2.45) is 0 Å². The first kappa shape index (κ1) is 11.6. The number of H-pyrrole nitrogens is 1. The number of nitrogens with one attached hydrogen (secondary N) is 1. The van der Waals surface area contributed by atoms with Gasteiger partial charge in [0.1, 0.15) is 5.82 Å². The number of fused-ring (bicyclic) bond motifs is 1. The van der Waals surface area contributed by atoms with Crippen LogP contribution in [0.3, 0.4) is 0 Å². The molecule has 0 aliphatic heterocycles. The zero-order valence-electron chi connectivity index (χ0n) is 10.7. The maximum Gasteiger partial charge on any atom is 0.349 e. The molecule has 19 heavy (non-hydrogen) atoms. The SMILES string of the molecule is CC(C)c1nc(-c2ccccn2)cc2n[nH]c(=O)n12. The summed E-state index contributed by atoms with van der Waals surface area (Å²) in [4.78, 5) is 20.6. The van der Waals surface area contributed by atoms with E-state index in [1.165, 1.54) is 4.40 Å². The summed E-state index contributed by atoms with van der Waals surface area (Å²) in [7, 11) is 0. The number of pyridine rings is 1. The molecule has 0 bridgehead atoms. The predicted molar refractivity (Wildman–Crippen MR) is 70.9 cm³/mol. The summed E-state index contributed by atoms with van der Waals surface area (Å²) in [5.74, 6) is 0.790. The molecule has 0 aromatic carbocycles. The molecule has 6 heteroatoms. The molecule has 6 nitrogen and oxygen atoms in total. The second kappa shape index (κ2) is 4.31. The summed E-state index contributed by atoms with van der Waals surface area (Å²) in [5, 5.41) is 6.45. The molecule has 3 heterocycles. The number of aromatic amines is 1. The molecule has 3 rings (SSSR count). The highest BCUT2D eigenvalue weighted by Gasteiger charge is 2.14. The Hall–Kier alpha value is -2.50. The summed E-state index contributed by atoms with van der Waals surface area (Å²) >= 11 is 0. The second-order valence-corrected chi connectivity index (χ2v) is 4.59. The van der Waals surface area contributed by atoms with E-state index in [9.17, 15) is 4.79 Å². The third-order valence-electron chi connectivity index (χ3n) is 2.87. The third kappa shape index (κ3) is 1.91. The van der Waals surface area contributed by atoms with Crippen LogP contribution >= 0.6 is 0 Å². The molecule has 0 fully saturated rings. The number of nitrogens with zero attached hydrogens (tertiary/aromatic N) is 4. The maximum atomic E-state index is 11.7. The van der Waals surface area contributed by atoms with Gasteiger partial charge >= 0.3 is 5.69 Å². The zero-order valence-corrected chi connectivity index (χ0v) is 10.7. The molecule has 0 radical (unpaired) electrons. The monoisotopic (exact) mass is 255 g/mol. The number of rotatable bonds is 2. The Morgan fingerprint density at radius 1 is 1.26 bits per heavy atom. The lowest BCUT2D eigenvalue weighted by Crippen LogP contribution is -2.16. The summed E-state index contributed by atoms with van der Waals surface area (Å²) in [6.45, 7) is 3.98. The number of aromatic nitrogens is 5. The lowest BCUT2D eigenvalue weighted by molar-refractivity contribution is 0.742.